The Morgan fingerprint density at radius 1 is 1.25 bits per heavy atom. The third-order valence-corrected chi connectivity index (χ3v) is 6.12. The van der Waals surface area contributed by atoms with E-state index in [0.29, 0.717) is 12.0 Å². The number of carbonyl (C=O) groups excluding carboxylic acids is 1. The number of amides is 1. The van der Waals surface area contributed by atoms with E-state index in [1.54, 1.807) is 0 Å². The average molecular weight is 241 g/mol. The van der Waals surface area contributed by atoms with Crippen LogP contribution in [0, 0.1) is 0 Å². The highest BCUT2D eigenvalue weighted by Gasteiger charge is 2.19. The molecule has 0 aliphatic carbocycles. The monoisotopic (exact) mass is 241 g/mol. The van der Waals surface area contributed by atoms with Gasteiger partial charge in [-0.15, -0.1) is 0 Å². The Balaban J connectivity index is 4.15. The molecule has 0 saturated carbocycles. The molecule has 0 heterocycles. The minimum Gasteiger partial charge on any atom is -0.343 e. The van der Waals surface area contributed by atoms with Crippen LogP contribution >= 0.6 is 0 Å². The molecule has 0 saturated heterocycles. The summed E-state index contributed by atoms with van der Waals surface area (Å²) in [5, 5.41) is 0. The highest BCUT2D eigenvalue weighted by atomic mass is 28.3. The van der Waals surface area contributed by atoms with Crippen molar-refractivity contribution in [3.63, 3.8) is 0 Å². The number of hydrogen-bond acceptors (Lipinski definition) is 1. The third kappa shape index (κ3) is 5.49. The lowest BCUT2D eigenvalue weighted by Crippen LogP contribution is -2.30. The number of allylic oxidation sites excluding steroid dienone is 1. The van der Waals surface area contributed by atoms with Gasteiger partial charge in [-0.2, -0.15) is 0 Å². The number of carbonyl (C=O) groups is 1. The number of hydrogen-bond donors (Lipinski definition) is 0. The number of nitrogens with zero attached hydrogens (tertiary/aromatic N) is 1. The van der Waals surface area contributed by atoms with Crippen molar-refractivity contribution in [1.82, 2.24) is 4.90 Å². The molecule has 0 aliphatic heterocycles. The first-order valence-electron chi connectivity index (χ1n) is 6.27. The molecule has 1 unspecified atom stereocenters. The molecule has 0 aromatic rings. The summed E-state index contributed by atoms with van der Waals surface area (Å²) in [7, 11) is -1.09. The van der Waals surface area contributed by atoms with Crippen molar-refractivity contribution in [3.05, 3.63) is 12.2 Å². The summed E-state index contributed by atoms with van der Waals surface area (Å²) in [6.07, 6.45) is 4.81. The fourth-order valence-corrected chi connectivity index (χ4v) is 2.08. The summed E-state index contributed by atoms with van der Waals surface area (Å²) in [5.41, 5.74) is 0.636. The molecule has 0 aromatic heterocycles. The molecule has 3 heteroatoms. The van der Waals surface area contributed by atoms with E-state index in [9.17, 15) is 4.79 Å². The van der Waals surface area contributed by atoms with Gasteiger partial charge in [0.1, 0.15) is 0 Å². The van der Waals surface area contributed by atoms with Gasteiger partial charge in [-0.3, -0.25) is 4.79 Å². The topological polar surface area (TPSA) is 20.3 Å². The molecular weight excluding hydrogens is 214 g/mol. The van der Waals surface area contributed by atoms with Gasteiger partial charge in [-0.05, 0) is 19.4 Å². The fraction of sp³-hybridized carbons (Fsp3) is 0.769. The normalized spacial score (nSPS) is 14.1. The largest absolute Gasteiger partial charge is 0.343 e. The van der Waals surface area contributed by atoms with Crippen LogP contribution in [0.3, 0.4) is 0 Å². The lowest BCUT2D eigenvalue weighted by atomic mass is 10.3. The highest BCUT2D eigenvalue weighted by Crippen LogP contribution is 2.22. The minimum absolute atomic E-state index is 0.240. The Kier molecular flexibility index (Phi) is 6.64. The van der Waals surface area contributed by atoms with E-state index in [2.05, 4.69) is 32.6 Å². The zero-order valence-electron chi connectivity index (χ0n) is 11.7. The molecule has 0 spiro atoms. The molecule has 16 heavy (non-hydrogen) atoms. The van der Waals surface area contributed by atoms with E-state index in [0.717, 1.165) is 13.1 Å². The third-order valence-electron chi connectivity index (χ3n) is 3.20. The summed E-state index contributed by atoms with van der Waals surface area (Å²) >= 11 is 0. The highest BCUT2D eigenvalue weighted by molar-refractivity contribution is 6.77. The predicted octanol–water partition coefficient (Wildman–Crippen LogP) is 3.53. The van der Waals surface area contributed by atoms with Crippen molar-refractivity contribution in [2.24, 2.45) is 0 Å². The molecule has 0 N–H and O–H groups in total. The van der Waals surface area contributed by atoms with Crippen LogP contribution in [-0.4, -0.2) is 32.0 Å². The van der Waals surface area contributed by atoms with Crippen LogP contribution in [-0.2, 0) is 4.79 Å². The molecule has 2 nitrogen and oxygen atoms in total. The maximum absolute atomic E-state index is 11.7. The van der Waals surface area contributed by atoms with Crippen molar-refractivity contribution in [3.8, 4) is 0 Å². The number of rotatable bonds is 6. The first-order chi connectivity index (χ1) is 7.32. The summed E-state index contributed by atoms with van der Waals surface area (Å²) in [6, 6.07) is 0. The van der Waals surface area contributed by atoms with Crippen molar-refractivity contribution in [1.29, 1.82) is 0 Å². The Morgan fingerprint density at radius 2 is 1.75 bits per heavy atom. The Morgan fingerprint density at radius 3 is 2.12 bits per heavy atom. The molecule has 0 fully saturated rings. The van der Waals surface area contributed by atoms with Crippen molar-refractivity contribution in [2.45, 2.75) is 52.4 Å². The van der Waals surface area contributed by atoms with Gasteiger partial charge >= 0.3 is 0 Å². The van der Waals surface area contributed by atoms with Crippen LogP contribution in [0.15, 0.2) is 12.2 Å². The van der Waals surface area contributed by atoms with Gasteiger partial charge in [0.05, 0.1) is 8.07 Å². The van der Waals surface area contributed by atoms with E-state index in [4.69, 9.17) is 0 Å². The summed E-state index contributed by atoms with van der Waals surface area (Å²) in [5.74, 6) is 0.240. The van der Waals surface area contributed by atoms with E-state index in [1.165, 1.54) is 0 Å². The molecule has 0 aromatic carbocycles. The summed E-state index contributed by atoms with van der Waals surface area (Å²) in [4.78, 5) is 13.6. The van der Waals surface area contributed by atoms with Crippen molar-refractivity contribution >= 4 is 14.0 Å². The standard InChI is InChI=1S/C13H27NOSi/c1-7-14(8-2)13(15)11-9-10-12(3)16(4,5)6/h9-10,12H,7-8,11H2,1-6H3. The van der Waals surface area contributed by atoms with Gasteiger partial charge in [0.2, 0.25) is 5.91 Å². The van der Waals surface area contributed by atoms with Gasteiger partial charge in [0, 0.05) is 19.5 Å². The van der Waals surface area contributed by atoms with Crippen molar-refractivity contribution in [2.75, 3.05) is 13.1 Å². The maximum Gasteiger partial charge on any atom is 0.226 e. The van der Waals surface area contributed by atoms with E-state index in [-0.39, 0.29) is 5.91 Å². The summed E-state index contributed by atoms with van der Waals surface area (Å²) < 4.78 is 0. The van der Waals surface area contributed by atoms with Crippen LogP contribution in [0.1, 0.15) is 27.2 Å². The Hall–Kier alpha value is -0.573. The van der Waals surface area contributed by atoms with Gasteiger partial charge < -0.3 is 4.90 Å². The maximum atomic E-state index is 11.7. The lowest BCUT2D eigenvalue weighted by Gasteiger charge is -2.22. The van der Waals surface area contributed by atoms with Crippen LogP contribution in [0.25, 0.3) is 0 Å². The molecule has 0 rings (SSSR count). The molecule has 0 bridgehead atoms. The zero-order valence-corrected chi connectivity index (χ0v) is 12.7. The van der Waals surface area contributed by atoms with Gasteiger partial charge in [0.25, 0.3) is 0 Å². The second-order valence-corrected chi connectivity index (χ2v) is 11.0. The van der Waals surface area contributed by atoms with Gasteiger partial charge in [-0.1, -0.05) is 38.7 Å². The minimum atomic E-state index is -1.09. The van der Waals surface area contributed by atoms with Gasteiger partial charge in [-0.25, -0.2) is 0 Å². The summed E-state index contributed by atoms with van der Waals surface area (Å²) in [6.45, 7) is 15.0. The van der Waals surface area contributed by atoms with Crippen molar-refractivity contribution < 1.29 is 4.79 Å². The Bertz CT molecular complexity index is 239. The SMILES string of the molecule is CCN(CC)C(=O)CC=CC(C)[Si](C)(C)C. The van der Waals surface area contributed by atoms with Crippen LogP contribution in [0.4, 0.5) is 0 Å². The Labute approximate surface area is 102 Å². The average Bonchev–Trinajstić information content (AvgIpc) is 2.18. The second kappa shape index (κ2) is 6.89. The van der Waals surface area contributed by atoms with E-state index in [1.807, 2.05) is 24.8 Å². The lowest BCUT2D eigenvalue weighted by molar-refractivity contribution is -0.129. The first kappa shape index (κ1) is 15.4. The van der Waals surface area contributed by atoms with Gasteiger partial charge in [0.15, 0.2) is 0 Å². The van der Waals surface area contributed by atoms with Crippen LogP contribution in [0.5, 0.6) is 0 Å². The van der Waals surface area contributed by atoms with Crippen LogP contribution in [0.2, 0.25) is 25.2 Å². The molecule has 1 amide bonds. The second-order valence-electron chi connectivity index (χ2n) is 5.35. The quantitative estimate of drug-likeness (QED) is 0.514. The molecule has 1 atom stereocenters. The molecular formula is C13H27NOSi. The smallest absolute Gasteiger partial charge is 0.226 e. The first-order valence-corrected chi connectivity index (χ1v) is 9.85. The van der Waals surface area contributed by atoms with E-state index >= 15 is 0 Å². The fourth-order valence-electron chi connectivity index (χ4n) is 1.37. The molecule has 0 aliphatic rings. The van der Waals surface area contributed by atoms with E-state index < -0.39 is 8.07 Å². The zero-order chi connectivity index (χ0) is 12.8. The molecule has 94 valence electrons. The molecule has 0 radical (unpaired) electrons. The predicted molar refractivity (Wildman–Crippen MR) is 74.5 cm³/mol. The van der Waals surface area contributed by atoms with Crippen LogP contribution < -0.4 is 0 Å².